The van der Waals surface area contributed by atoms with Gasteiger partial charge in [0.15, 0.2) is 6.23 Å². The molecule has 0 spiro atoms. The number of amides is 1. The van der Waals surface area contributed by atoms with Gasteiger partial charge in [0.2, 0.25) is 0 Å². The first kappa shape index (κ1) is 11.0. The van der Waals surface area contributed by atoms with Crippen LogP contribution in [0.5, 0.6) is 0 Å². The molecule has 1 aliphatic heterocycles. The summed E-state index contributed by atoms with van der Waals surface area (Å²) in [5.74, 6) is 2.39. The van der Waals surface area contributed by atoms with Crippen LogP contribution in [0.2, 0.25) is 0 Å². The van der Waals surface area contributed by atoms with E-state index in [1.807, 2.05) is 0 Å². The molecule has 1 saturated heterocycles. The number of aliphatic hydroxyl groups is 1. The molecular formula is C10H15NO3. The van der Waals surface area contributed by atoms with E-state index in [9.17, 15) is 9.90 Å². The lowest BCUT2D eigenvalue weighted by molar-refractivity contribution is -0.165. The van der Waals surface area contributed by atoms with Gasteiger partial charge in [0.05, 0.1) is 6.61 Å². The quantitative estimate of drug-likeness (QED) is 0.508. The van der Waals surface area contributed by atoms with Gasteiger partial charge < -0.3 is 14.7 Å². The van der Waals surface area contributed by atoms with Crippen molar-refractivity contribution in [2.45, 2.75) is 25.5 Å². The maximum Gasteiger partial charge on any atom is 0.250 e. The van der Waals surface area contributed by atoms with E-state index in [2.05, 4.69) is 5.92 Å². The minimum absolute atomic E-state index is 0.0756. The summed E-state index contributed by atoms with van der Waals surface area (Å²) in [6.45, 7) is 0.845. The Hall–Kier alpha value is -1.05. The molecule has 1 aliphatic rings. The lowest BCUT2D eigenvalue weighted by Crippen LogP contribution is -2.49. The molecule has 0 saturated carbocycles. The van der Waals surface area contributed by atoms with Gasteiger partial charge >= 0.3 is 0 Å². The van der Waals surface area contributed by atoms with Gasteiger partial charge in [-0.25, -0.2) is 0 Å². The Morgan fingerprint density at radius 1 is 1.64 bits per heavy atom. The summed E-state index contributed by atoms with van der Waals surface area (Å²) < 4.78 is 4.88. The molecule has 0 aromatic rings. The van der Waals surface area contributed by atoms with Crippen molar-refractivity contribution >= 4 is 5.91 Å². The van der Waals surface area contributed by atoms with Gasteiger partial charge in [-0.3, -0.25) is 4.79 Å². The molecule has 1 heterocycles. The van der Waals surface area contributed by atoms with Gasteiger partial charge in [0, 0.05) is 13.0 Å². The van der Waals surface area contributed by atoms with Crippen LogP contribution in [0, 0.1) is 12.3 Å². The van der Waals surface area contributed by atoms with Crippen molar-refractivity contribution in [2.24, 2.45) is 0 Å². The Labute approximate surface area is 83.8 Å². The van der Waals surface area contributed by atoms with Crippen LogP contribution >= 0.6 is 0 Å². The van der Waals surface area contributed by atoms with E-state index in [0.717, 1.165) is 12.8 Å². The molecule has 1 fully saturated rings. The van der Waals surface area contributed by atoms with Crippen LogP contribution in [0.4, 0.5) is 0 Å². The number of aliphatic hydroxyl groups excluding tert-OH is 1. The number of ether oxygens (including phenoxy) is 1. The lowest BCUT2D eigenvalue weighted by Gasteiger charge is -2.31. The molecular weight excluding hydrogens is 182 g/mol. The standard InChI is InChI=1S/C10H15NO3/c1-2-3-4-5-6-11-9(12)7-14-8-10(11)13/h1,9,12H,3-8H2. The van der Waals surface area contributed by atoms with Crippen LogP contribution in [0.1, 0.15) is 19.3 Å². The van der Waals surface area contributed by atoms with Gasteiger partial charge in [-0.05, 0) is 12.8 Å². The van der Waals surface area contributed by atoms with Crippen molar-refractivity contribution in [3.63, 3.8) is 0 Å². The number of terminal acetylenes is 1. The third kappa shape index (κ3) is 3.02. The van der Waals surface area contributed by atoms with Crippen molar-refractivity contribution in [3.8, 4) is 12.3 Å². The van der Waals surface area contributed by atoms with Crippen LogP contribution in [0.25, 0.3) is 0 Å². The first-order valence-corrected chi connectivity index (χ1v) is 4.74. The highest BCUT2D eigenvalue weighted by Gasteiger charge is 2.25. The Morgan fingerprint density at radius 3 is 3.07 bits per heavy atom. The molecule has 14 heavy (non-hydrogen) atoms. The monoisotopic (exact) mass is 197 g/mol. The second-order valence-electron chi connectivity index (χ2n) is 3.24. The fourth-order valence-corrected chi connectivity index (χ4v) is 1.37. The molecule has 1 atom stereocenters. The molecule has 1 N–H and O–H groups in total. The molecule has 1 amide bonds. The molecule has 1 unspecified atom stereocenters. The number of morpholine rings is 1. The van der Waals surface area contributed by atoms with E-state index >= 15 is 0 Å². The van der Waals surface area contributed by atoms with E-state index in [-0.39, 0.29) is 19.1 Å². The largest absolute Gasteiger partial charge is 0.371 e. The topological polar surface area (TPSA) is 49.8 Å². The van der Waals surface area contributed by atoms with Gasteiger partial charge in [-0.1, -0.05) is 0 Å². The Morgan fingerprint density at radius 2 is 2.43 bits per heavy atom. The van der Waals surface area contributed by atoms with E-state index in [4.69, 9.17) is 11.2 Å². The summed E-state index contributed by atoms with van der Waals surface area (Å²) in [7, 11) is 0. The van der Waals surface area contributed by atoms with Crippen LogP contribution in [0.15, 0.2) is 0 Å². The molecule has 0 radical (unpaired) electrons. The molecule has 0 aromatic carbocycles. The predicted molar refractivity (Wildman–Crippen MR) is 51.2 cm³/mol. The first-order chi connectivity index (χ1) is 6.75. The summed E-state index contributed by atoms with van der Waals surface area (Å²) in [5, 5.41) is 9.44. The van der Waals surface area contributed by atoms with Crippen molar-refractivity contribution in [1.29, 1.82) is 0 Å². The summed E-state index contributed by atoms with van der Waals surface area (Å²) in [4.78, 5) is 12.7. The Kier molecular flexibility index (Phi) is 4.44. The summed E-state index contributed by atoms with van der Waals surface area (Å²) in [5.41, 5.74) is 0. The molecule has 0 aromatic heterocycles. The number of hydrogen-bond acceptors (Lipinski definition) is 3. The second kappa shape index (κ2) is 5.63. The molecule has 0 bridgehead atoms. The summed E-state index contributed by atoms with van der Waals surface area (Å²) in [6.07, 6.45) is 6.74. The summed E-state index contributed by atoms with van der Waals surface area (Å²) in [6, 6.07) is 0. The van der Waals surface area contributed by atoms with Crippen LogP contribution < -0.4 is 0 Å². The first-order valence-electron chi connectivity index (χ1n) is 4.74. The zero-order chi connectivity index (χ0) is 10.4. The highest BCUT2D eigenvalue weighted by molar-refractivity contribution is 5.78. The van der Waals surface area contributed by atoms with E-state index < -0.39 is 6.23 Å². The number of rotatable bonds is 4. The normalized spacial score (nSPS) is 22.1. The SMILES string of the molecule is C#CCCCCN1C(=O)COCC1O. The molecule has 1 rings (SSSR count). The average molecular weight is 197 g/mol. The third-order valence-corrected chi connectivity index (χ3v) is 2.14. The average Bonchev–Trinajstić information content (AvgIpc) is 2.16. The van der Waals surface area contributed by atoms with Crippen LogP contribution in [0.3, 0.4) is 0 Å². The van der Waals surface area contributed by atoms with Crippen molar-refractivity contribution in [2.75, 3.05) is 19.8 Å². The fraction of sp³-hybridized carbons (Fsp3) is 0.700. The predicted octanol–water partition coefficient (Wildman–Crippen LogP) is -0.0329. The summed E-state index contributed by atoms with van der Waals surface area (Å²) >= 11 is 0. The number of carbonyl (C=O) groups is 1. The fourth-order valence-electron chi connectivity index (χ4n) is 1.37. The Bertz CT molecular complexity index is 234. The van der Waals surface area contributed by atoms with E-state index in [0.29, 0.717) is 13.0 Å². The zero-order valence-corrected chi connectivity index (χ0v) is 8.11. The lowest BCUT2D eigenvalue weighted by atomic mass is 10.2. The minimum atomic E-state index is -0.790. The van der Waals surface area contributed by atoms with Gasteiger partial charge in [-0.15, -0.1) is 12.3 Å². The maximum atomic E-state index is 11.3. The Balaban J connectivity index is 2.27. The van der Waals surface area contributed by atoms with Crippen LogP contribution in [-0.4, -0.2) is 41.9 Å². The number of nitrogens with zero attached hydrogens (tertiary/aromatic N) is 1. The zero-order valence-electron chi connectivity index (χ0n) is 8.11. The van der Waals surface area contributed by atoms with Gasteiger partial charge in [0.1, 0.15) is 6.61 Å². The number of hydrogen-bond donors (Lipinski definition) is 1. The van der Waals surface area contributed by atoms with Crippen molar-refractivity contribution in [3.05, 3.63) is 0 Å². The van der Waals surface area contributed by atoms with Crippen LogP contribution in [-0.2, 0) is 9.53 Å². The van der Waals surface area contributed by atoms with Gasteiger partial charge in [-0.2, -0.15) is 0 Å². The minimum Gasteiger partial charge on any atom is -0.371 e. The molecule has 4 heteroatoms. The maximum absolute atomic E-state index is 11.3. The molecule has 4 nitrogen and oxygen atoms in total. The smallest absolute Gasteiger partial charge is 0.250 e. The molecule has 78 valence electrons. The number of carbonyl (C=O) groups excluding carboxylic acids is 1. The van der Waals surface area contributed by atoms with Gasteiger partial charge in [0.25, 0.3) is 5.91 Å². The van der Waals surface area contributed by atoms with Crippen molar-refractivity contribution in [1.82, 2.24) is 4.90 Å². The highest BCUT2D eigenvalue weighted by atomic mass is 16.5. The highest BCUT2D eigenvalue weighted by Crippen LogP contribution is 2.07. The third-order valence-electron chi connectivity index (χ3n) is 2.14. The van der Waals surface area contributed by atoms with Crippen molar-refractivity contribution < 1.29 is 14.6 Å². The van der Waals surface area contributed by atoms with E-state index in [1.54, 1.807) is 0 Å². The van der Waals surface area contributed by atoms with E-state index in [1.165, 1.54) is 4.90 Å². The molecule has 0 aliphatic carbocycles. The second-order valence-corrected chi connectivity index (χ2v) is 3.24. The number of unbranched alkanes of at least 4 members (excludes halogenated alkanes) is 2.